The van der Waals surface area contributed by atoms with Crippen molar-refractivity contribution >= 4 is 5.91 Å². The van der Waals surface area contributed by atoms with E-state index in [1.54, 1.807) is 16.9 Å². The van der Waals surface area contributed by atoms with Gasteiger partial charge in [0.2, 0.25) is 0 Å². The van der Waals surface area contributed by atoms with Crippen molar-refractivity contribution in [3.63, 3.8) is 0 Å². The van der Waals surface area contributed by atoms with Gasteiger partial charge in [-0.15, -0.1) is 0 Å². The minimum absolute atomic E-state index is 0.117. The molecule has 3 rings (SSSR count). The molecule has 0 aliphatic heterocycles. The van der Waals surface area contributed by atoms with Gasteiger partial charge in [-0.2, -0.15) is 5.10 Å². The van der Waals surface area contributed by atoms with Crippen LogP contribution in [0.2, 0.25) is 0 Å². The molecule has 5 nitrogen and oxygen atoms in total. The second-order valence-electron chi connectivity index (χ2n) is 5.64. The van der Waals surface area contributed by atoms with Gasteiger partial charge in [0.1, 0.15) is 0 Å². The van der Waals surface area contributed by atoms with Crippen molar-refractivity contribution in [2.75, 3.05) is 13.2 Å². The van der Waals surface area contributed by atoms with Crippen molar-refractivity contribution in [3.05, 3.63) is 48.3 Å². The maximum absolute atomic E-state index is 12.1. The zero-order chi connectivity index (χ0) is 14.7. The third-order valence-electron chi connectivity index (χ3n) is 4.07. The highest BCUT2D eigenvalue weighted by atomic mass is 16.3. The normalized spacial score (nSPS) is 15.7. The number of nitrogens with zero attached hydrogens (tertiary/aromatic N) is 2. The van der Waals surface area contributed by atoms with Gasteiger partial charge in [-0.1, -0.05) is 18.2 Å². The number of hydrogen-bond acceptors (Lipinski definition) is 3. The van der Waals surface area contributed by atoms with Crippen LogP contribution in [0.3, 0.4) is 0 Å². The Morgan fingerprint density at radius 1 is 1.29 bits per heavy atom. The third-order valence-corrected chi connectivity index (χ3v) is 4.07. The molecular weight excluding hydrogens is 266 g/mol. The van der Waals surface area contributed by atoms with Gasteiger partial charge >= 0.3 is 0 Å². The fourth-order valence-electron chi connectivity index (χ4n) is 2.46. The molecule has 1 heterocycles. The van der Waals surface area contributed by atoms with Crippen LogP contribution in [0, 0.1) is 5.41 Å². The molecule has 1 aromatic carbocycles. The monoisotopic (exact) mass is 285 g/mol. The first-order chi connectivity index (χ1) is 10.2. The topological polar surface area (TPSA) is 67.2 Å². The smallest absolute Gasteiger partial charge is 0.271 e. The largest absolute Gasteiger partial charge is 0.396 e. The van der Waals surface area contributed by atoms with Gasteiger partial charge < -0.3 is 10.4 Å². The Morgan fingerprint density at radius 2 is 2.05 bits per heavy atom. The summed E-state index contributed by atoms with van der Waals surface area (Å²) in [6.07, 6.45) is 4.69. The highest BCUT2D eigenvalue weighted by molar-refractivity contribution is 5.92. The lowest BCUT2D eigenvalue weighted by atomic mass is 10.0. The van der Waals surface area contributed by atoms with Crippen LogP contribution in [-0.4, -0.2) is 33.9 Å². The van der Waals surface area contributed by atoms with E-state index in [0.717, 1.165) is 24.9 Å². The molecule has 0 radical (unpaired) electrons. The van der Waals surface area contributed by atoms with Gasteiger partial charge in [0.05, 0.1) is 5.69 Å². The molecular formula is C16H19N3O2. The lowest BCUT2D eigenvalue weighted by molar-refractivity contribution is 0.0935. The molecule has 0 unspecified atom stereocenters. The van der Waals surface area contributed by atoms with Gasteiger partial charge in [0, 0.05) is 19.3 Å². The van der Waals surface area contributed by atoms with Crippen LogP contribution >= 0.6 is 0 Å². The average molecular weight is 285 g/mol. The number of aromatic nitrogens is 2. The third kappa shape index (κ3) is 3.13. The maximum Gasteiger partial charge on any atom is 0.271 e. The van der Waals surface area contributed by atoms with Crippen molar-refractivity contribution in [2.24, 2.45) is 5.41 Å². The molecule has 2 aromatic rings. The van der Waals surface area contributed by atoms with Crippen molar-refractivity contribution < 1.29 is 9.90 Å². The van der Waals surface area contributed by atoms with Crippen molar-refractivity contribution in [2.45, 2.75) is 19.3 Å². The molecule has 21 heavy (non-hydrogen) atoms. The molecule has 1 aliphatic carbocycles. The standard InChI is InChI=1S/C16H19N3O2/c20-11-9-16(7-8-16)12-17-15(21)14-6-10-19(18-14)13-4-2-1-3-5-13/h1-6,10,20H,7-9,11-12H2,(H,17,21). The van der Waals surface area contributed by atoms with E-state index >= 15 is 0 Å². The van der Waals surface area contributed by atoms with E-state index in [-0.39, 0.29) is 17.9 Å². The van der Waals surface area contributed by atoms with Gasteiger partial charge in [-0.05, 0) is 42.9 Å². The average Bonchev–Trinajstić information content (AvgIpc) is 3.10. The second kappa shape index (κ2) is 5.69. The fourth-order valence-corrected chi connectivity index (χ4v) is 2.46. The molecule has 0 spiro atoms. The summed E-state index contributed by atoms with van der Waals surface area (Å²) in [5.41, 5.74) is 1.46. The maximum atomic E-state index is 12.1. The van der Waals surface area contributed by atoms with Crippen LogP contribution in [0.25, 0.3) is 5.69 Å². The molecule has 1 aliphatic rings. The predicted molar refractivity (Wildman–Crippen MR) is 79.3 cm³/mol. The SMILES string of the molecule is O=C(NCC1(CCO)CC1)c1ccn(-c2ccccc2)n1. The number of para-hydroxylation sites is 1. The molecule has 2 N–H and O–H groups in total. The van der Waals surface area contributed by atoms with Crippen molar-refractivity contribution in [1.82, 2.24) is 15.1 Å². The van der Waals surface area contributed by atoms with Crippen LogP contribution in [-0.2, 0) is 0 Å². The van der Waals surface area contributed by atoms with Crippen LogP contribution < -0.4 is 5.32 Å². The van der Waals surface area contributed by atoms with Crippen molar-refractivity contribution in [3.8, 4) is 5.69 Å². The molecule has 1 aromatic heterocycles. The number of aliphatic hydroxyl groups is 1. The summed E-state index contributed by atoms with van der Waals surface area (Å²) in [5.74, 6) is -0.158. The number of aliphatic hydroxyl groups excluding tert-OH is 1. The molecule has 110 valence electrons. The zero-order valence-corrected chi connectivity index (χ0v) is 11.8. The van der Waals surface area contributed by atoms with E-state index in [0.29, 0.717) is 12.2 Å². The van der Waals surface area contributed by atoms with E-state index in [4.69, 9.17) is 5.11 Å². The molecule has 0 saturated heterocycles. The van der Waals surface area contributed by atoms with Gasteiger partial charge in [0.25, 0.3) is 5.91 Å². The predicted octanol–water partition coefficient (Wildman–Crippen LogP) is 1.76. The van der Waals surface area contributed by atoms with E-state index < -0.39 is 0 Å². The van der Waals surface area contributed by atoms with E-state index in [9.17, 15) is 4.79 Å². The highest BCUT2D eigenvalue weighted by Crippen LogP contribution is 2.47. The first kappa shape index (κ1) is 13.8. The van der Waals surface area contributed by atoms with Gasteiger partial charge in [-0.25, -0.2) is 4.68 Å². The number of nitrogens with one attached hydrogen (secondary N) is 1. The summed E-state index contributed by atoms with van der Waals surface area (Å²) >= 11 is 0. The van der Waals surface area contributed by atoms with Crippen molar-refractivity contribution in [1.29, 1.82) is 0 Å². The summed E-state index contributed by atoms with van der Waals surface area (Å²) < 4.78 is 1.69. The zero-order valence-electron chi connectivity index (χ0n) is 11.8. The Morgan fingerprint density at radius 3 is 2.71 bits per heavy atom. The number of hydrogen-bond donors (Lipinski definition) is 2. The Balaban J connectivity index is 1.62. The Kier molecular flexibility index (Phi) is 3.75. The number of carbonyl (C=O) groups excluding carboxylic acids is 1. The van der Waals surface area contributed by atoms with Crippen LogP contribution in [0.4, 0.5) is 0 Å². The summed E-state index contributed by atoms with van der Waals surface area (Å²) in [6.45, 7) is 0.795. The van der Waals surface area contributed by atoms with E-state index in [1.807, 2.05) is 30.3 Å². The minimum atomic E-state index is -0.158. The molecule has 0 bridgehead atoms. The second-order valence-corrected chi connectivity index (χ2v) is 5.64. The molecule has 1 amide bonds. The summed E-state index contributed by atoms with van der Waals surface area (Å²) in [7, 11) is 0. The van der Waals surface area contributed by atoms with E-state index in [1.165, 1.54) is 0 Å². The number of rotatable bonds is 6. The summed E-state index contributed by atoms with van der Waals surface area (Å²) in [5, 5.41) is 16.3. The molecule has 0 atom stereocenters. The van der Waals surface area contributed by atoms with E-state index in [2.05, 4.69) is 10.4 Å². The Hall–Kier alpha value is -2.14. The number of carbonyl (C=O) groups is 1. The van der Waals surface area contributed by atoms with Gasteiger partial charge in [0.15, 0.2) is 5.69 Å². The summed E-state index contributed by atoms with van der Waals surface area (Å²) in [4.78, 5) is 12.1. The van der Waals surface area contributed by atoms with Crippen LogP contribution in [0.15, 0.2) is 42.6 Å². The minimum Gasteiger partial charge on any atom is -0.396 e. The molecule has 1 fully saturated rings. The summed E-state index contributed by atoms with van der Waals surface area (Å²) in [6, 6.07) is 11.4. The first-order valence-corrected chi connectivity index (χ1v) is 7.23. The molecule has 5 heteroatoms. The highest BCUT2D eigenvalue weighted by Gasteiger charge is 2.41. The fraction of sp³-hybridized carbons (Fsp3) is 0.375. The Labute approximate surface area is 123 Å². The van der Waals surface area contributed by atoms with Crippen LogP contribution in [0.1, 0.15) is 29.8 Å². The van der Waals surface area contributed by atoms with Crippen LogP contribution in [0.5, 0.6) is 0 Å². The number of amides is 1. The Bertz CT molecular complexity index is 617. The molecule has 1 saturated carbocycles. The lowest BCUT2D eigenvalue weighted by Gasteiger charge is -2.13. The quantitative estimate of drug-likeness (QED) is 0.850. The van der Waals surface area contributed by atoms with Gasteiger partial charge in [-0.3, -0.25) is 4.79 Å². The lowest BCUT2D eigenvalue weighted by Crippen LogP contribution is -2.31. The number of benzene rings is 1. The first-order valence-electron chi connectivity index (χ1n) is 7.23.